The molecule has 0 saturated carbocycles. The fourth-order valence-corrected chi connectivity index (χ4v) is 7.86. The summed E-state index contributed by atoms with van der Waals surface area (Å²) >= 11 is 0. The van der Waals surface area contributed by atoms with Gasteiger partial charge in [0.05, 0.1) is 26.1 Å². The molecule has 0 N–H and O–H groups in total. The standard InChI is InChI=1S/C20H42O8Si2/c1-7-25-29(5,26-8-2)17-11-15-23-19(21)13-14-20(22)24-16-12-18-30(6,27-9-3)28-10-4/h7-18H2,1-6H3. The molecule has 0 aromatic carbocycles. The number of carbonyl (C=O) groups excluding carboxylic acids is 2. The lowest BCUT2D eigenvalue weighted by atomic mass is 10.3. The molecule has 8 nitrogen and oxygen atoms in total. The number of ether oxygens (including phenoxy) is 2. The summed E-state index contributed by atoms with van der Waals surface area (Å²) in [4.78, 5) is 23.6. The van der Waals surface area contributed by atoms with Gasteiger partial charge in [0.15, 0.2) is 0 Å². The van der Waals surface area contributed by atoms with E-state index in [4.69, 9.17) is 27.2 Å². The lowest BCUT2D eigenvalue weighted by Crippen LogP contribution is -2.39. The van der Waals surface area contributed by atoms with Gasteiger partial charge < -0.3 is 27.2 Å². The van der Waals surface area contributed by atoms with Crippen molar-refractivity contribution in [1.29, 1.82) is 0 Å². The first-order chi connectivity index (χ1) is 14.2. The molecule has 0 aliphatic carbocycles. The number of hydrogen-bond acceptors (Lipinski definition) is 8. The Bertz CT molecular complexity index is 422. The van der Waals surface area contributed by atoms with Crippen molar-refractivity contribution in [3.8, 4) is 0 Å². The van der Waals surface area contributed by atoms with Crippen LogP contribution in [0.25, 0.3) is 0 Å². The Morgan fingerprint density at radius 3 is 1.17 bits per heavy atom. The highest BCUT2D eigenvalue weighted by atomic mass is 28.4. The van der Waals surface area contributed by atoms with Crippen LogP contribution in [0, 0.1) is 0 Å². The average Bonchev–Trinajstić information content (AvgIpc) is 2.68. The normalized spacial score (nSPS) is 12.1. The zero-order valence-electron chi connectivity index (χ0n) is 19.8. The highest BCUT2D eigenvalue weighted by molar-refractivity contribution is 6.66. The van der Waals surface area contributed by atoms with Crippen molar-refractivity contribution in [2.45, 2.75) is 78.6 Å². The van der Waals surface area contributed by atoms with Gasteiger partial charge in [-0.3, -0.25) is 9.59 Å². The number of hydrogen-bond donors (Lipinski definition) is 0. The lowest BCUT2D eigenvalue weighted by Gasteiger charge is -2.25. The van der Waals surface area contributed by atoms with E-state index < -0.39 is 29.1 Å². The molecule has 10 heteroatoms. The fourth-order valence-electron chi connectivity index (χ4n) is 3.10. The van der Waals surface area contributed by atoms with E-state index in [0.717, 1.165) is 12.1 Å². The number of rotatable bonds is 19. The molecule has 0 aromatic heterocycles. The molecular formula is C20H42O8Si2. The third-order valence-electron chi connectivity index (χ3n) is 4.41. The molecule has 0 saturated heterocycles. The zero-order valence-corrected chi connectivity index (χ0v) is 21.8. The van der Waals surface area contributed by atoms with Crippen molar-refractivity contribution < 1.29 is 36.8 Å². The van der Waals surface area contributed by atoms with Crippen LogP contribution in [0.5, 0.6) is 0 Å². The number of carbonyl (C=O) groups is 2. The van der Waals surface area contributed by atoms with Gasteiger partial charge in [-0.05, 0) is 65.7 Å². The van der Waals surface area contributed by atoms with E-state index in [2.05, 4.69) is 0 Å². The van der Waals surface area contributed by atoms with E-state index in [1.807, 2.05) is 40.8 Å². The van der Waals surface area contributed by atoms with Crippen molar-refractivity contribution >= 4 is 29.1 Å². The first-order valence-corrected chi connectivity index (χ1v) is 16.2. The van der Waals surface area contributed by atoms with Gasteiger partial charge in [0, 0.05) is 26.4 Å². The monoisotopic (exact) mass is 466 g/mol. The van der Waals surface area contributed by atoms with Gasteiger partial charge in [-0.2, -0.15) is 0 Å². The molecule has 0 atom stereocenters. The minimum Gasteiger partial charge on any atom is -0.466 e. The Morgan fingerprint density at radius 2 is 0.900 bits per heavy atom. The Morgan fingerprint density at radius 1 is 0.600 bits per heavy atom. The minimum atomic E-state index is -2.18. The van der Waals surface area contributed by atoms with Crippen molar-refractivity contribution in [1.82, 2.24) is 0 Å². The summed E-state index contributed by atoms with van der Waals surface area (Å²) in [5.74, 6) is -0.786. The van der Waals surface area contributed by atoms with Gasteiger partial charge in [-0.25, -0.2) is 0 Å². The third kappa shape index (κ3) is 14.3. The van der Waals surface area contributed by atoms with Crippen LogP contribution in [-0.4, -0.2) is 68.7 Å². The molecule has 0 aliphatic rings. The van der Waals surface area contributed by atoms with Gasteiger partial charge in [0.2, 0.25) is 0 Å². The van der Waals surface area contributed by atoms with Crippen molar-refractivity contribution in [2.24, 2.45) is 0 Å². The molecule has 0 aliphatic heterocycles. The molecule has 0 bridgehead atoms. The largest absolute Gasteiger partial charge is 0.466 e. The van der Waals surface area contributed by atoms with Gasteiger partial charge >= 0.3 is 29.1 Å². The van der Waals surface area contributed by atoms with Gasteiger partial charge in [0.1, 0.15) is 0 Å². The van der Waals surface area contributed by atoms with Crippen LogP contribution in [0.3, 0.4) is 0 Å². The van der Waals surface area contributed by atoms with Crippen molar-refractivity contribution in [2.75, 3.05) is 39.6 Å². The molecular weight excluding hydrogens is 424 g/mol. The Kier molecular flexibility index (Phi) is 16.4. The fraction of sp³-hybridized carbons (Fsp3) is 0.900. The van der Waals surface area contributed by atoms with Crippen molar-refractivity contribution in [3.05, 3.63) is 0 Å². The predicted octanol–water partition coefficient (Wildman–Crippen LogP) is 3.92. The van der Waals surface area contributed by atoms with Crippen LogP contribution in [0.2, 0.25) is 25.2 Å². The second-order valence-corrected chi connectivity index (χ2v) is 13.8. The molecule has 0 unspecified atom stereocenters. The van der Waals surface area contributed by atoms with E-state index in [1.54, 1.807) is 0 Å². The van der Waals surface area contributed by atoms with Crippen LogP contribution in [0.15, 0.2) is 0 Å². The van der Waals surface area contributed by atoms with Crippen molar-refractivity contribution in [3.63, 3.8) is 0 Å². The quantitative estimate of drug-likeness (QED) is 0.161. The van der Waals surface area contributed by atoms with E-state index in [9.17, 15) is 9.59 Å². The summed E-state index contributed by atoms with van der Waals surface area (Å²) < 4.78 is 33.4. The molecule has 0 radical (unpaired) electrons. The first-order valence-electron chi connectivity index (χ1n) is 11.1. The molecule has 0 aromatic rings. The summed E-state index contributed by atoms with van der Waals surface area (Å²) in [5.41, 5.74) is 0. The van der Waals surface area contributed by atoms with Gasteiger partial charge in [-0.15, -0.1) is 0 Å². The van der Waals surface area contributed by atoms with Crippen LogP contribution >= 0.6 is 0 Å². The molecule has 178 valence electrons. The van der Waals surface area contributed by atoms with Crippen LogP contribution in [0.1, 0.15) is 53.4 Å². The van der Waals surface area contributed by atoms with E-state index in [1.165, 1.54) is 0 Å². The maximum atomic E-state index is 11.8. The molecule has 30 heavy (non-hydrogen) atoms. The summed E-state index contributed by atoms with van der Waals surface area (Å²) in [6.45, 7) is 14.9. The molecule has 0 heterocycles. The van der Waals surface area contributed by atoms with Crippen LogP contribution in [0.4, 0.5) is 0 Å². The minimum absolute atomic E-state index is 0.0226. The smallest absolute Gasteiger partial charge is 0.335 e. The zero-order chi connectivity index (χ0) is 22.9. The Labute approximate surface area is 184 Å². The number of esters is 2. The highest BCUT2D eigenvalue weighted by Gasteiger charge is 2.31. The maximum Gasteiger partial charge on any atom is 0.335 e. The summed E-state index contributed by atoms with van der Waals surface area (Å²) in [6, 6.07) is 1.52. The summed E-state index contributed by atoms with van der Waals surface area (Å²) in [6.07, 6.45) is 1.41. The van der Waals surface area contributed by atoms with Crippen LogP contribution < -0.4 is 0 Å². The molecule has 0 rings (SSSR count). The van der Waals surface area contributed by atoms with Crippen LogP contribution in [-0.2, 0) is 36.8 Å². The second kappa shape index (κ2) is 16.9. The Balaban J connectivity index is 3.94. The molecule has 0 spiro atoms. The molecule has 0 fully saturated rings. The van der Waals surface area contributed by atoms with E-state index in [0.29, 0.717) is 52.5 Å². The highest BCUT2D eigenvalue weighted by Crippen LogP contribution is 2.17. The van der Waals surface area contributed by atoms with E-state index >= 15 is 0 Å². The predicted molar refractivity (Wildman–Crippen MR) is 120 cm³/mol. The topological polar surface area (TPSA) is 89.5 Å². The molecule has 0 amide bonds. The average molecular weight is 467 g/mol. The summed E-state index contributed by atoms with van der Waals surface area (Å²) in [5, 5.41) is 0. The SMILES string of the molecule is CCO[Si](C)(CCCOC(=O)CCC(=O)OCCC[Si](C)(OCC)OCC)OCC. The lowest BCUT2D eigenvalue weighted by molar-refractivity contribution is -0.150. The third-order valence-corrected chi connectivity index (χ3v) is 10.5. The second-order valence-electron chi connectivity index (χ2n) is 7.15. The van der Waals surface area contributed by atoms with E-state index in [-0.39, 0.29) is 12.8 Å². The van der Waals surface area contributed by atoms with Gasteiger partial charge in [-0.1, -0.05) is 0 Å². The Hall–Kier alpha value is -0.786. The summed E-state index contributed by atoms with van der Waals surface area (Å²) in [7, 11) is -4.36. The first kappa shape index (κ1) is 29.2. The van der Waals surface area contributed by atoms with Gasteiger partial charge in [0.25, 0.3) is 0 Å². The maximum absolute atomic E-state index is 11.8.